The van der Waals surface area contributed by atoms with Gasteiger partial charge in [0.05, 0.1) is 32.2 Å². The fourth-order valence-electron chi connectivity index (χ4n) is 3.18. The van der Waals surface area contributed by atoms with Crippen molar-refractivity contribution >= 4 is 27.3 Å². The number of ether oxygens (including phenoxy) is 2. The molecule has 7 nitrogen and oxygen atoms in total. The van der Waals surface area contributed by atoms with Gasteiger partial charge in [0.25, 0.3) is 5.91 Å². The Bertz CT molecular complexity index is 1160. The molecule has 0 unspecified atom stereocenters. The van der Waals surface area contributed by atoms with Crippen molar-refractivity contribution in [3.8, 4) is 5.75 Å². The Balaban J connectivity index is 1.73. The first kappa shape index (κ1) is 23.3. The molecule has 0 bridgehead atoms. The van der Waals surface area contributed by atoms with Crippen LogP contribution in [0.3, 0.4) is 0 Å². The summed E-state index contributed by atoms with van der Waals surface area (Å²) in [6.07, 6.45) is 1.16. The van der Waals surface area contributed by atoms with E-state index in [-0.39, 0.29) is 12.5 Å². The van der Waals surface area contributed by atoms with Crippen molar-refractivity contribution in [3.63, 3.8) is 0 Å². The summed E-state index contributed by atoms with van der Waals surface area (Å²) in [4.78, 5) is 12.6. The highest BCUT2D eigenvalue weighted by atomic mass is 32.2. The third kappa shape index (κ3) is 6.09. The number of sulfonamides is 1. The molecule has 0 heterocycles. The van der Waals surface area contributed by atoms with Gasteiger partial charge >= 0.3 is 0 Å². The summed E-state index contributed by atoms with van der Waals surface area (Å²) in [6, 6.07) is 21.1. The lowest BCUT2D eigenvalue weighted by Crippen LogP contribution is -2.29. The highest BCUT2D eigenvalue weighted by molar-refractivity contribution is 7.92. The largest absolute Gasteiger partial charge is 0.497 e. The Hall–Kier alpha value is -3.36. The van der Waals surface area contributed by atoms with Gasteiger partial charge in [0, 0.05) is 18.4 Å². The fourth-order valence-corrected chi connectivity index (χ4v) is 4.07. The van der Waals surface area contributed by atoms with Gasteiger partial charge in [0.1, 0.15) is 5.75 Å². The van der Waals surface area contributed by atoms with Gasteiger partial charge in [-0.05, 0) is 59.7 Å². The van der Waals surface area contributed by atoms with Crippen molar-refractivity contribution < 1.29 is 22.7 Å². The number of methoxy groups -OCH3 is 2. The van der Waals surface area contributed by atoms with Gasteiger partial charge in [0.2, 0.25) is 10.0 Å². The van der Waals surface area contributed by atoms with Crippen LogP contribution in [0.1, 0.15) is 21.5 Å². The molecule has 168 valence electrons. The van der Waals surface area contributed by atoms with Crippen molar-refractivity contribution in [2.75, 3.05) is 30.1 Å². The molecule has 3 aromatic rings. The van der Waals surface area contributed by atoms with Crippen molar-refractivity contribution in [2.45, 2.75) is 13.2 Å². The monoisotopic (exact) mass is 454 g/mol. The summed E-state index contributed by atoms with van der Waals surface area (Å²) in [7, 11) is -0.338. The second kappa shape index (κ2) is 10.3. The summed E-state index contributed by atoms with van der Waals surface area (Å²) in [6.45, 7) is 0.607. The second-order valence-electron chi connectivity index (χ2n) is 7.25. The Morgan fingerprint density at radius 1 is 0.938 bits per heavy atom. The van der Waals surface area contributed by atoms with E-state index in [1.807, 2.05) is 24.3 Å². The van der Waals surface area contributed by atoms with Gasteiger partial charge in [-0.1, -0.05) is 24.3 Å². The first-order valence-corrected chi connectivity index (χ1v) is 11.7. The van der Waals surface area contributed by atoms with Crippen molar-refractivity contribution in [1.29, 1.82) is 0 Å². The summed E-state index contributed by atoms with van der Waals surface area (Å²) in [5.41, 5.74) is 3.40. The lowest BCUT2D eigenvalue weighted by molar-refractivity contribution is 0.102. The van der Waals surface area contributed by atoms with Gasteiger partial charge in [-0.3, -0.25) is 9.10 Å². The molecule has 32 heavy (non-hydrogen) atoms. The molecule has 0 aromatic heterocycles. The zero-order chi connectivity index (χ0) is 23.1. The molecule has 0 saturated heterocycles. The molecule has 3 aromatic carbocycles. The van der Waals surface area contributed by atoms with Crippen molar-refractivity contribution in [1.82, 2.24) is 0 Å². The summed E-state index contributed by atoms with van der Waals surface area (Å²) in [5.74, 6) is 0.395. The van der Waals surface area contributed by atoms with E-state index in [0.29, 0.717) is 29.3 Å². The van der Waals surface area contributed by atoms with E-state index < -0.39 is 10.0 Å². The smallest absolute Gasteiger partial charge is 0.255 e. The van der Waals surface area contributed by atoms with Crippen LogP contribution in [-0.4, -0.2) is 34.8 Å². The van der Waals surface area contributed by atoms with Crippen LogP contribution in [0.5, 0.6) is 5.75 Å². The third-order valence-corrected chi connectivity index (χ3v) is 5.94. The van der Waals surface area contributed by atoms with Crippen LogP contribution >= 0.6 is 0 Å². The van der Waals surface area contributed by atoms with Crippen molar-refractivity contribution in [3.05, 3.63) is 89.5 Å². The number of anilines is 2. The number of carbonyl (C=O) groups excluding carboxylic acids is 1. The highest BCUT2D eigenvalue weighted by Crippen LogP contribution is 2.24. The number of nitrogens with one attached hydrogen (secondary N) is 1. The molecule has 0 saturated carbocycles. The minimum absolute atomic E-state index is 0.145. The molecule has 3 rings (SSSR count). The van der Waals surface area contributed by atoms with E-state index in [0.717, 1.165) is 17.4 Å². The van der Waals surface area contributed by atoms with Gasteiger partial charge in [-0.15, -0.1) is 0 Å². The van der Waals surface area contributed by atoms with Crippen LogP contribution in [-0.2, 0) is 27.9 Å². The van der Waals surface area contributed by atoms with Crippen LogP contribution in [0.25, 0.3) is 0 Å². The van der Waals surface area contributed by atoms with E-state index in [4.69, 9.17) is 9.47 Å². The molecule has 0 aliphatic rings. The standard InChI is InChI=1S/C24H26N2O5S/c1-30-17-19-5-4-6-21(15-19)25-24(27)20-9-7-18(8-10-20)16-26(32(3,28)29)22-11-13-23(31-2)14-12-22/h4-15H,16-17H2,1-3H3,(H,25,27). The molecule has 0 atom stereocenters. The van der Waals surface area contributed by atoms with Gasteiger partial charge in [-0.25, -0.2) is 8.42 Å². The Morgan fingerprint density at radius 3 is 2.22 bits per heavy atom. The number of hydrogen-bond donors (Lipinski definition) is 1. The maximum atomic E-state index is 12.6. The van der Waals surface area contributed by atoms with E-state index in [1.165, 1.54) is 4.31 Å². The molecular formula is C24H26N2O5S. The zero-order valence-electron chi connectivity index (χ0n) is 18.2. The topological polar surface area (TPSA) is 84.9 Å². The van der Waals surface area contributed by atoms with E-state index in [9.17, 15) is 13.2 Å². The van der Waals surface area contributed by atoms with E-state index >= 15 is 0 Å². The molecule has 8 heteroatoms. The average molecular weight is 455 g/mol. The predicted octanol–water partition coefficient (Wildman–Crippen LogP) is 4.06. The van der Waals surface area contributed by atoms with E-state index in [1.54, 1.807) is 62.8 Å². The third-order valence-electron chi connectivity index (χ3n) is 4.80. The van der Waals surface area contributed by atoms with E-state index in [2.05, 4.69) is 5.32 Å². The van der Waals surface area contributed by atoms with Gasteiger partial charge < -0.3 is 14.8 Å². The predicted molar refractivity (Wildman–Crippen MR) is 126 cm³/mol. The summed E-state index contributed by atoms with van der Waals surface area (Å²) >= 11 is 0. The molecule has 0 spiro atoms. The number of hydrogen-bond acceptors (Lipinski definition) is 5. The van der Waals surface area contributed by atoms with Crippen molar-refractivity contribution in [2.24, 2.45) is 0 Å². The molecular weight excluding hydrogens is 428 g/mol. The molecule has 1 amide bonds. The maximum absolute atomic E-state index is 12.6. The number of rotatable bonds is 9. The summed E-state index contributed by atoms with van der Waals surface area (Å²) < 4.78 is 36.3. The first-order valence-electron chi connectivity index (χ1n) is 9.90. The van der Waals surface area contributed by atoms with Crippen LogP contribution in [0.2, 0.25) is 0 Å². The van der Waals surface area contributed by atoms with Crippen LogP contribution in [0.15, 0.2) is 72.8 Å². The maximum Gasteiger partial charge on any atom is 0.255 e. The minimum atomic E-state index is -3.51. The highest BCUT2D eigenvalue weighted by Gasteiger charge is 2.18. The molecule has 0 fully saturated rings. The SMILES string of the molecule is COCc1cccc(NC(=O)c2ccc(CN(c3ccc(OC)cc3)S(C)(=O)=O)cc2)c1. The van der Waals surface area contributed by atoms with Crippen LogP contribution in [0.4, 0.5) is 11.4 Å². The molecule has 0 radical (unpaired) electrons. The molecule has 1 N–H and O–H groups in total. The second-order valence-corrected chi connectivity index (χ2v) is 9.16. The number of amides is 1. The van der Waals surface area contributed by atoms with Gasteiger partial charge in [-0.2, -0.15) is 0 Å². The normalized spacial score (nSPS) is 11.1. The van der Waals surface area contributed by atoms with Crippen LogP contribution in [0, 0.1) is 0 Å². The first-order chi connectivity index (χ1) is 15.3. The number of nitrogens with zero attached hydrogens (tertiary/aromatic N) is 1. The quantitative estimate of drug-likeness (QED) is 0.527. The van der Waals surface area contributed by atoms with Crippen LogP contribution < -0.4 is 14.4 Å². The van der Waals surface area contributed by atoms with Gasteiger partial charge in [0.15, 0.2) is 0 Å². The molecule has 0 aliphatic carbocycles. The zero-order valence-corrected chi connectivity index (χ0v) is 19.1. The Kier molecular flexibility index (Phi) is 7.50. The average Bonchev–Trinajstić information content (AvgIpc) is 2.78. The molecule has 0 aliphatic heterocycles. The lowest BCUT2D eigenvalue weighted by Gasteiger charge is -2.23. The Morgan fingerprint density at radius 2 is 1.62 bits per heavy atom. The summed E-state index contributed by atoms with van der Waals surface area (Å²) in [5, 5.41) is 2.87. The lowest BCUT2D eigenvalue weighted by atomic mass is 10.1. The fraction of sp³-hybridized carbons (Fsp3) is 0.208. The number of benzene rings is 3. The minimum Gasteiger partial charge on any atom is -0.497 e. The number of carbonyl (C=O) groups is 1. The Labute approximate surface area is 188 Å².